The average molecular weight is 376 g/mol. The van der Waals surface area contributed by atoms with Crippen LogP contribution in [0.4, 0.5) is 5.69 Å². The molecule has 0 bridgehead atoms. The van der Waals surface area contributed by atoms with Gasteiger partial charge < -0.3 is 10.1 Å². The number of hydrogen-bond donors (Lipinski definition) is 1. The van der Waals surface area contributed by atoms with E-state index in [2.05, 4.69) is 10.3 Å². The summed E-state index contributed by atoms with van der Waals surface area (Å²) in [5.74, 6) is -0.139. The topological polar surface area (TPSA) is 68.3 Å². The molecule has 4 rings (SSSR count). The standard InChI is InChI=1S/C21H16N2O3S/c24-19-13-27-18-7-6-16(12-17(18)23-19)21(25)26-20(14-4-2-1-3-5-14)15-8-10-22-11-9-15/h1-12,20H,13H2,(H,23,24). The van der Waals surface area contributed by atoms with E-state index in [-0.39, 0.29) is 5.91 Å². The number of benzene rings is 2. The molecule has 0 saturated heterocycles. The van der Waals surface area contributed by atoms with Crippen LogP contribution >= 0.6 is 11.8 Å². The van der Waals surface area contributed by atoms with E-state index in [1.807, 2.05) is 48.5 Å². The Balaban J connectivity index is 1.63. The lowest BCUT2D eigenvalue weighted by atomic mass is 10.0. The number of carbonyl (C=O) groups is 2. The molecule has 1 aliphatic heterocycles. The van der Waals surface area contributed by atoms with E-state index in [9.17, 15) is 9.59 Å². The molecule has 5 nitrogen and oxygen atoms in total. The van der Waals surface area contributed by atoms with Crippen molar-refractivity contribution in [3.05, 3.63) is 89.7 Å². The highest BCUT2D eigenvalue weighted by atomic mass is 32.2. The van der Waals surface area contributed by atoms with Crippen LogP contribution in [0.25, 0.3) is 0 Å². The van der Waals surface area contributed by atoms with Crippen LogP contribution in [0.5, 0.6) is 0 Å². The molecule has 1 unspecified atom stereocenters. The maximum Gasteiger partial charge on any atom is 0.339 e. The Labute approximate surface area is 160 Å². The van der Waals surface area contributed by atoms with Gasteiger partial charge in [-0.3, -0.25) is 9.78 Å². The van der Waals surface area contributed by atoms with Crippen molar-refractivity contribution >= 4 is 29.3 Å². The second kappa shape index (κ2) is 7.63. The van der Waals surface area contributed by atoms with Crippen LogP contribution in [-0.2, 0) is 9.53 Å². The molecule has 2 heterocycles. The second-order valence-electron chi connectivity index (χ2n) is 6.02. The fraction of sp³-hybridized carbons (Fsp3) is 0.0952. The first-order valence-corrected chi connectivity index (χ1v) is 9.42. The minimum Gasteiger partial charge on any atom is -0.449 e. The van der Waals surface area contributed by atoms with Crippen LogP contribution in [0.3, 0.4) is 0 Å². The Bertz CT molecular complexity index is 938. The van der Waals surface area contributed by atoms with Crippen LogP contribution in [0.2, 0.25) is 0 Å². The van der Waals surface area contributed by atoms with E-state index < -0.39 is 12.1 Å². The lowest BCUT2D eigenvalue weighted by molar-refractivity contribution is -0.113. The molecule has 0 radical (unpaired) electrons. The van der Waals surface area contributed by atoms with E-state index in [1.165, 1.54) is 11.8 Å². The molecule has 2 aromatic carbocycles. The van der Waals surface area contributed by atoms with Gasteiger partial charge in [0.1, 0.15) is 0 Å². The van der Waals surface area contributed by atoms with Gasteiger partial charge in [-0.2, -0.15) is 0 Å². The maximum absolute atomic E-state index is 12.8. The molecule has 134 valence electrons. The lowest BCUT2D eigenvalue weighted by Gasteiger charge is -2.20. The maximum atomic E-state index is 12.8. The predicted molar refractivity (Wildman–Crippen MR) is 104 cm³/mol. The number of anilines is 1. The molecule has 0 fully saturated rings. The molecule has 1 aliphatic rings. The highest BCUT2D eigenvalue weighted by molar-refractivity contribution is 8.00. The number of rotatable bonds is 4. The molecule has 1 aromatic heterocycles. The summed E-state index contributed by atoms with van der Waals surface area (Å²) in [4.78, 5) is 29.4. The number of ether oxygens (including phenoxy) is 1. The van der Waals surface area contributed by atoms with Crippen LogP contribution in [0.15, 0.2) is 78.0 Å². The van der Waals surface area contributed by atoms with Gasteiger partial charge in [0.2, 0.25) is 5.91 Å². The fourth-order valence-electron chi connectivity index (χ4n) is 2.88. The van der Waals surface area contributed by atoms with Crippen molar-refractivity contribution < 1.29 is 14.3 Å². The van der Waals surface area contributed by atoms with Crippen molar-refractivity contribution in [3.63, 3.8) is 0 Å². The molecule has 0 aliphatic carbocycles. The number of thioether (sulfide) groups is 1. The summed E-state index contributed by atoms with van der Waals surface area (Å²) in [7, 11) is 0. The summed E-state index contributed by atoms with van der Waals surface area (Å²) in [6.45, 7) is 0. The van der Waals surface area contributed by atoms with Gasteiger partial charge in [-0.25, -0.2) is 4.79 Å². The number of nitrogens with zero attached hydrogens (tertiary/aromatic N) is 1. The number of amides is 1. The monoisotopic (exact) mass is 376 g/mol. The van der Waals surface area contributed by atoms with Gasteiger partial charge in [-0.1, -0.05) is 30.3 Å². The summed E-state index contributed by atoms with van der Waals surface area (Å²) in [6, 6.07) is 18.4. The van der Waals surface area contributed by atoms with Crippen LogP contribution in [0.1, 0.15) is 27.6 Å². The predicted octanol–water partition coefficient (Wildman–Crippen LogP) is 4.07. The normalized spacial score (nSPS) is 14.0. The van der Waals surface area contributed by atoms with Crippen LogP contribution < -0.4 is 5.32 Å². The minimum absolute atomic E-state index is 0.0723. The summed E-state index contributed by atoms with van der Waals surface area (Å²) in [5.41, 5.74) is 2.75. The first-order chi connectivity index (χ1) is 13.2. The van der Waals surface area contributed by atoms with E-state index in [4.69, 9.17) is 4.74 Å². The first kappa shape index (κ1) is 17.3. The van der Waals surface area contributed by atoms with Crippen molar-refractivity contribution in [1.29, 1.82) is 0 Å². The van der Waals surface area contributed by atoms with E-state index in [0.29, 0.717) is 17.0 Å². The van der Waals surface area contributed by atoms with Crippen molar-refractivity contribution in [2.75, 3.05) is 11.1 Å². The second-order valence-corrected chi connectivity index (χ2v) is 7.04. The highest BCUT2D eigenvalue weighted by Gasteiger charge is 2.22. The molecule has 1 N–H and O–H groups in total. The molecular weight excluding hydrogens is 360 g/mol. The van der Waals surface area contributed by atoms with Gasteiger partial charge in [0, 0.05) is 22.9 Å². The summed E-state index contributed by atoms with van der Waals surface area (Å²) in [5, 5.41) is 2.80. The molecule has 0 spiro atoms. The Morgan fingerprint density at radius 1 is 1.04 bits per heavy atom. The van der Waals surface area contributed by atoms with Gasteiger partial charge in [-0.05, 0) is 35.9 Å². The molecule has 3 aromatic rings. The zero-order valence-electron chi connectivity index (χ0n) is 14.3. The van der Waals surface area contributed by atoms with Crippen molar-refractivity contribution in [1.82, 2.24) is 4.98 Å². The molecule has 0 saturated carbocycles. The molecule has 6 heteroatoms. The van der Waals surface area contributed by atoms with Gasteiger partial charge in [0.15, 0.2) is 6.10 Å². The summed E-state index contributed by atoms with van der Waals surface area (Å²) in [6.07, 6.45) is 2.80. The number of aromatic nitrogens is 1. The van der Waals surface area contributed by atoms with Gasteiger partial charge in [0.05, 0.1) is 17.0 Å². The zero-order chi connectivity index (χ0) is 18.6. The van der Waals surface area contributed by atoms with E-state index in [1.54, 1.807) is 24.5 Å². The summed E-state index contributed by atoms with van der Waals surface area (Å²) >= 11 is 1.45. The Morgan fingerprint density at radius 3 is 2.56 bits per heavy atom. The average Bonchev–Trinajstić information content (AvgIpc) is 2.72. The number of esters is 1. The van der Waals surface area contributed by atoms with Gasteiger partial charge in [-0.15, -0.1) is 11.8 Å². The SMILES string of the molecule is O=C1CSc2ccc(C(=O)OC(c3ccccc3)c3ccncc3)cc2N1. The number of carbonyl (C=O) groups excluding carboxylic acids is 2. The van der Waals surface area contributed by atoms with Crippen LogP contribution in [-0.4, -0.2) is 22.6 Å². The smallest absolute Gasteiger partial charge is 0.339 e. The first-order valence-electron chi connectivity index (χ1n) is 8.43. The Kier molecular flexibility index (Phi) is 4.89. The molecular formula is C21H16N2O3S. The van der Waals surface area contributed by atoms with E-state index >= 15 is 0 Å². The number of pyridine rings is 1. The van der Waals surface area contributed by atoms with Gasteiger partial charge >= 0.3 is 5.97 Å². The van der Waals surface area contributed by atoms with Crippen molar-refractivity contribution in [3.8, 4) is 0 Å². The molecule has 1 atom stereocenters. The minimum atomic E-state index is -0.540. The number of fused-ring (bicyclic) bond motifs is 1. The number of nitrogens with one attached hydrogen (secondary N) is 1. The highest BCUT2D eigenvalue weighted by Crippen LogP contribution is 2.33. The Hall–Kier alpha value is -3.12. The van der Waals surface area contributed by atoms with E-state index in [0.717, 1.165) is 16.0 Å². The largest absolute Gasteiger partial charge is 0.449 e. The van der Waals surface area contributed by atoms with Crippen molar-refractivity contribution in [2.45, 2.75) is 11.0 Å². The third-order valence-corrected chi connectivity index (χ3v) is 5.26. The van der Waals surface area contributed by atoms with Crippen molar-refractivity contribution in [2.24, 2.45) is 0 Å². The third-order valence-electron chi connectivity index (χ3n) is 4.18. The Morgan fingerprint density at radius 2 is 1.78 bits per heavy atom. The molecule has 27 heavy (non-hydrogen) atoms. The molecule has 1 amide bonds. The van der Waals surface area contributed by atoms with Crippen LogP contribution in [0, 0.1) is 0 Å². The van der Waals surface area contributed by atoms with Gasteiger partial charge in [0.25, 0.3) is 0 Å². The quantitative estimate of drug-likeness (QED) is 0.695. The summed E-state index contributed by atoms with van der Waals surface area (Å²) < 4.78 is 5.84. The number of hydrogen-bond acceptors (Lipinski definition) is 5. The zero-order valence-corrected chi connectivity index (χ0v) is 15.1. The third kappa shape index (κ3) is 3.85. The fourth-order valence-corrected chi connectivity index (χ4v) is 3.67. The lowest BCUT2D eigenvalue weighted by Crippen LogP contribution is -2.19.